The molecule has 0 radical (unpaired) electrons. The Morgan fingerprint density at radius 2 is 2.04 bits per heavy atom. The van der Waals surface area contributed by atoms with Gasteiger partial charge in [-0.25, -0.2) is 4.98 Å². The summed E-state index contributed by atoms with van der Waals surface area (Å²) in [5.74, 6) is 0.696. The van der Waals surface area contributed by atoms with Crippen molar-refractivity contribution in [2.75, 3.05) is 6.61 Å². The zero-order chi connectivity index (χ0) is 19.7. The molecule has 0 N–H and O–H groups in total. The summed E-state index contributed by atoms with van der Waals surface area (Å²) in [6.07, 6.45) is 9.12. The topological polar surface area (TPSA) is 56.5 Å². The maximum Gasteiger partial charge on any atom is 0.282 e. The second-order valence-corrected chi connectivity index (χ2v) is 9.24. The molecule has 0 saturated heterocycles. The van der Waals surface area contributed by atoms with Crippen LogP contribution in [0.1, 0.15) is 28.8 Å². The molecule has 2 aromatic heterocycles. The predicted octanol–water partition coefficient (Wildman–Crippen LogP) is 5.31. The molecule has 0 aliphatic heterocycles. The van der Waals surface area contributed by atoms with Crippen LogP contribution in [0.25, 0.3) is 10.2 Å². The van der Waals surface area contributed by atoms with Gasteiger partial charge in [0.25, 0.3) is 5.56 Å². The number of aryl methyl sites for hydroxylation is 2. The number of thiophene rings is 1. The number of nitrogens with zero attached hydrogens (tertiary/aromatic N) is 3. The van der Waals surface area contributed by atoms with Gasteiger partial charge >= 0.3 is 0 Å². The first-order valence-electron chi connectivity index (χ1n) is 8.87. The van der Waals surface area contributed by atoms with Gasteiger partial charge in [-0.1, -0.05) is 12.7 Å². The molecule has 0 spiro atoms. The summed E-state index contributed by atoms with van der Waals surface area (Å²) in [6.45, 7) is 4.07. The smallest absolute Gasteiger partial charge is 0.282 e. The zero-order valence-corrected chi connectivity index (χ0v) is 18.9. The molecule has 1 aliphatic rings. The number of rotatable bonds is 5. The summed E-state index contributed by atoms with van der Waals surface area (Å²) in [4.78, 5) is 19.5. The van der Waals surface area contributed by atoms with Gasteiger partial charge in [0.15, 0.2) is 0 Å². The lowest BCUT2D eigenvalue weighted by atomic mass is 9.97. The fourth-order valence-electron chi connectivity index (χ4n) is 3.28. The van der Waals surface area contributed by atoms with Gasteiger partial charge in [-0.05, 0) is 80.8 Å². The highest BCUT2D eigenvalue weighted by Crippen LogP contribution is 2.35. The van der Waals surface area contributed by atoms with E-state index < -0.39 is 0 Å². The van der Waals surface area contributed by atoms with E-state index in [0.29, 0.717) is 12.4 Å². The van der Waals surface area contributed by atoms with Crippen molar-refractivity contribution in [3.8, 4) is 5.75 Å². The molecule has 0 amide bonds. The lowest BCUT2D eigenvalue weighted by Gasteiger charge is -2.10. The molecule has 0 unspecified atom stereocenters. The van der Waals surface area contributed by atoms with Crippen LogP contribution in [-0.2, 0) is 12.8 Å². The Balaban J connectivity index is 1.68. The van der Waals surface area contributed by atoms with Crippen LogP contribution in [0.2, 0.25) is 0 Å². The van der Waals surface area contributed by atoms with Crippen LogP contribution >= 0.6 is 43.2 Å². The SMILES string of the molecule is C=CCOc1c(Br)cc(/C=N\n2cnc3sc4c(c3c2=O)CCCC4)cc1Br. The summed E-state index contributed by atoms with van der Waals surface area (Å²) in [5.41, 5.74) is 1.89. The Morgan fingerprint density at radius 1 is 1.29 bits per heavy atom. The van der Waals surface area contributed by atoms with Crippen molar-refractivity contribution in [1.29, 1.82) is 0 Å². The largest absolute Gasteiger partial charge is 0.487 e. The van der Waals surface area contributed by atoms with E-state index in [0.717, 1.165) is 44.0 Å². The minimum absolute atomic E-state index is 0.107. The first-order chi connectivity index (χ1) is 13.6. The van der Waals surface area contributed by atoms with Crippen molar-refractivity contribution in [3.63, 3.8) is 0 Å². The first-order valence-corrected chi connectivity index (χ1v) is 11.3. The predicted molar refractivity (Wildman–Crippen MR) is 121 cm³/mol. The highest BCUT2D eigenvalue weighted by molar-refractivity contribution is 9.11. The maximum absolute atomic E-state index is 13.0. The summed E-state index contributed by atoms with van der Waals surface area (Å²) in [7, 11) is 0. The molecular formula is C20H17Br2N3O2S. The van der Waals surface area contributed by atoms with E-state index in [1.807, 2.05) is 12.1 Å². The van der Waals surface area contributed by atoms with Crippen LogP contribution in [0, 0.1) is 0 Å². The Labute approximate surface area is 183 Å². The number of hydrogen-bond acceptors (Lipinski definition) is 5. The molecule has 2 heterocycles. The van der Waals surface area contributed by atoms with E-state index in [1.54, 1.807) is 23.6 Å². The monoisotopic (exact) mass is 521 g/mol. The van der Waals surface area contributed by atoms with E-state index in [9.17, 15) is 4.79 Å². The molecule has 0 saturated carbocycles. The van der Waals surface area contributed by atoms with Crippen LogP contribution in [0.5, 0.6) is 5.75 Å². The molecule has 0 fully saturated rings. The lowest BCUT2D eigenvalue weighted by molar-refractivity contribution is 0.358. The molecular weight excluding hydrogens is 506 g/mol. The van der Waals surface area contributed by atoms with Crippen molar-refractivity contribution < 1.29 is 4.74 Å². The fourth-order valence-corrected chi connectivity index (χ4v) is 5.95. The lowest BCUT2D eigenvalue weighted by Crippen LogP contribution is -2.18. The van der Waals surface area contributed by atoms with Crippen molar-refractivity contribution in [2.24, 2.45) is 5.10 Å². The van der Waals surface area contributed by atoms with Crippen LogP contribution in [0.4, 0.5) is 0 Å². The van der Waals surface area contributed by atoms with Crippen molar-refractivity contribution >= 4 is 59.6 Å². The van der Waals surface area contributed by atoms with Gasteiger partial charge in [-0.15, -0.1) is 11.3 Å². The van der Waals surface area contributed by atoms with Gasteiger partial charge in [0, 0.05) is 4.88 Å². The minimum atomic E-state index is -0.107. The molecule has 4 rings (SSSR count). The highest BCUT2D eigenvalue weighted by atomic mass is 79.9. The van der Waals surface area contributed by atoms with Crippen LogP contribution < -0.4 is 10.3 Å². The maximum atomic E-state index is 13.0. The Bertz CT molecular complexity index is 1130. The van der Waals surface area contributed by atoms with Crippen molar-refractivity contribution in [1.82, 2.24) is 9.66 Å². The molecule has 28 heavy (non-hydrogen) atoms. The zero-order valence-electron chi connectivity index (χ0n) is 15.0. The molecule has 0 bridgehead atoms. The molecule has 3 aromatic rings. The number of benzene rings is 1. The van der Waals surface area contributed by atoms with Gasteiger partial charge < -0.3 is 4.74 Å². The molecule has 144 valence electrons. The summed E-state index contributed by atoms with van der Waals surface area (Å²) in [5, 5.41) is 5.08. The summed E-state index contributed by atoms with van der Waals surface area (Å²) >= 11 is 8.65. The van der Waals surface area contributed by atoms with E-state index in [1.165, 1.54) is 27.9 Å². The quantitative estimate of drug-likeness (QED) is 0.337. The second-order valence-electron chi connectivity index (χ2n) is 6.44. The van der Waals surface area contributed by atoms with E-state index in [4.69, 9.17) is 4.74 Å². The number of hydrogen-bond donors (Lipinski definition) is 0. The fraction of sp³-hybridized carbons (Fsp3) is 0.250. The van der Waals surface area contributed by atoms with Gasteiger partial charge in [0.05, 0.1) is 20.5 Å². The average Bonchev–Trinajstić information content (AvgIpc) is 3.06. The van der Waals surface area contributed by atoms with E-state index in [-0.39, 0.29) is 5.56 Å². The highest BCUT2D eigenvalue weighted by Gasteiger charge is 2.19. The standard InChI is InChI=1S/C20H17Br2N3O2S/c1-2-7-27-18-14(21)8-12(9-15(18)22)10-24-25-11-23-19-17(20(25)26)13-5-3-4-6-16(13)28-19/h2,8-11H,1,3-7H2/b24-10-. The third-order valence-corrected chi connectivity index (χ3v) is 6.93. The average molecular weight is 523 g/mol. The Kier molecular flexibility index (Phi) is 5.80. The van der Waals surface area contributed by atoms with Gasteiger partial charge in [0.1, 0.15) is 23.5 Å². The third kappa shape index (κ3) is 3.73. The normalized spacial score (nSPS) is 13.8. The minimum Gasteiger partial charge on any atom is -0.487 e. The molecule has 1 aromatic carbocycles. The Morgan fingerprint density at radius 3 is 2.79 bits per heavy atom. The van der Waals surface area contributed by atoms with Gasteiger partial charge in [0.2, 0.25) is 0 Å². The van der Waals surface area contributed by atoms with E-state index in [2.05, 4.69) is 48.5 Å². The third-order valence-electron chi connectivity index (χ3n) is 4.56. The molecule has 8 heteroatoms. The van der Waals surface area contributed by atoms with Crippen LogP contribution in [0.3, 0.4) is 0 Å². The molecule has 0 atom stereocenters. The number of ether oxygens (including phenoxy) is 1. The summed E-state index contributed by atoms with van der Waals surface area (Å²) < 4.78 is 8.52. The first kappa shape index (κ1) is 19.5. The van der Waals surface area contributed by atoms with Crippen LogP contribution in [0.15, 0.2) is 50.0 Å². The summed E-state index contributed by atoms with van der Waals surface area (Å²) in [6, 6.07) is 3.77. The Hall–Kier alpha value is -1.77. The van der Waals surface area contributed by atoms with Crippen molar-refractivity contribution in [3.05, 3.63) is 66.4 Å². The van der Waals surface area contributed by atoms with E-state index >= 15 is 0 Å². The van der Waals surface area contributed by atoms with Crippen molar-refractivity contribution in [2.45, 2.75) is 25.7 Å². The number of aromatic nitrogens is 2. The van der Waals surface area contributed by atoms with Crippen LogP contribution in [-0.4, -0.2) is 22.5 Å². The molecule has 5 nitrogen and oxygen atoms in total. The van der Waals surface area contributed by atoms with Gasteiger partial charge in [-0.2, -0.15) is 9.78 Å². The number of halogens is 2. The van der Waals surface area contributed by atoms with Gasteiger partial charge in [-0.3, -0.25) is 4.79 Å². The second kappa shape index (κ2) is 8.31. The molecule has 1 aliphatic carbocycles. The number of fused-ring (bicyclic) bond motifs is 3.